The smallest absolute Gasteiger partial charge is 0.332 e. The molecular formula is C26H30N2O4S. The van der Waals surface area contributed by atoms with Gasteiger partial charge in [-0.3, -0.25) is 4.79 Å². The highest BCUT2D eigenvalue weighted by Gasteiger charge is 2.42. The molecule has 1 N–H and O–H groups in total. The summed E-state index contributed by atoms with van der Waals surface area (Å²) in [6.07, 6.45) is 9.11. The molecule has 2 heterocycles. The van der Waals surface area contributed by atoms with Crippen molar-refractivity contribution in [2.75, 3.05) is 0 Å². The van der Waals surface area contributed by atoms with E-state index in [1.807, 2.05) is 0 Å². The first-order chi connectivity index (χ1) is 15.8. The average Bonchev–Trinajstić information content (AvgIpc) is 3.43. The molecule has 0 saturated heterocycles. The Balaban J connectivity index is 1.41. The van der Waals surface area contributed by atoms with Crippen LogP contribution in [0, 0.1) is 17.3 Å². The highest BCUT2D eigenvalue weighted by atomic mass is 32.1. The van der Waals surface area contributed by atoms with Crippen molar-refractivity contribution in [1.82, 2.24) is 10.1 Å². The quantitative estimate of drug-likeness (QED) is 0.604. The maximum Gasteiger partial charge on any atom is 0.332 e. The second kappa shape index (κ2) is 7.62. The van der Waals surface area contributed by atoms with Gasteiger partial charge >= 0.3 is 5.97 Å². The van der Waals surface area contributed by atoms with E-state index in [0.29, 0.717) is 23.0 Å². The molecule has 2 aromatic heterocycles. The third kappa shape index (κ3) is 3.69. The number of carbonyl (C=O) groups excluding carboxylic acids is 1. The van der Waals surface area contributed by atoms with E-state index in [1.165, 1.54) is 10.4 Å². The number of hydrogen-bond donors (Lipinski definition) is 1. The number of aryl methyl sites for hydroxylation is 1. The van der Waals surface area contributed by atoms with Crippen LogP contribution in [-0.4, -0.2) is 27.0 Å². The van der Waals surface area contributed by atoms with E-state index in [9.17, 15) is 14.7 Å². The number of aromatic nitrogens is 2. The fraction of sp³-hybridized carbons (Fsp3) is 0.615. The normalized spacial score (nSPS) is 25.9. The van der Waals surface area contributed by atoms with Gasteiger partial charge in [0.1, 0.15) is 0 Å². The number of allylic oxidation sites excluding steroid dienone is 1. The second-order valence-corrected chi connectivity index (χ2v) is 12.3. The fourth-order valence-corrected chi connectivity index (χ4v) is 7.53. The summed E-state index contributed by atoms with van der Waals surface area (Å²) in [7, 11) is 0. The fourth-order valence-electron chi connectivity index (χ4n) is 6.21. The molecule has 5 aliphatic carbocycles. The zero-order chi connectivity index (χ0) is 22.9. The third-order valence-corrected chi connectivity index (χ3v) is 9.42. The number of ketones is 1. The molecule has 2 aromatic rings. The minimum absolute atomic E-state index is 0.0251. The molecule has 7 heteroatoms. The molecular weight excluding hydrogens is 436 g/mol. The molecule has 5 aliphatic rings. The number of carbonyl (C=O) groups is 2. The van der Waals surface area contributed by atoms with Gasteiger partial charge in [0.15, 0.2) is 11.6 Å². The van der Waals surface area contributed by atoms with Gasteiger partial charge in [-0.2, -0.15) is 4.98 Å². The van der Waals surface area contributed by atoms with E-state index in [4.69, 9.17) is 9.51 Å². The maximum atomic E-state index is 13.6. The van der Waals surface area contributed by atoms with Gasteiger partial charge in [-0.1, -0.05) is 19.0 Å². The predicted molar refractivity (Wildman–Crippen MR) is 124 cm³/mol. The van der Waals surface area contributed by atoms with E-state index in [-0.39, 0.29) is 29.5 Å². The summed E-state index contributed by atoms with van der Waals surface area (Å²) in [6.45, 7) is 4.57. The van der Waals surface area contributed by atoms with Crippen molar-refractivity contribution in [2.45, 2.75) is 84.0 Å². The Kier molecular flexibility index (Phi) is 4.91. The SMILES string of the molecule is CC1(C)CCc2sc(CC(=O)C3=C(C(=O)O)C4CCC3CC4)c(-c3nc(C4CC4)no3)c2C1. The van der Waals surface area contributed by atoms with Gasteiger partial charge in [0, 0.05) is 33.2 Å². The summed E-state index contributed by atoms with van der Waals surface area (Å²) in [5.41, 5.74) is 3.37. The van der Waals surface area contributed by atoms with Gasteiger partial charge < -0.3 is 9.63 Å². The number of carboxylic acid groups (broad SMARTS) is 1. The van der Waals surface area contributed by atoms with Crippen LogP contribution in [0.15, 0.2) is 15.7 Å². The van der Waals surface area contributed by atoms with Crippen LogP contribution >= 0.6 is 11.3 Å². The minimum Gasteiger partial charge on any atom is -0.478 e. The molecule has 6 nitrogen and oxygen atoms in total. The van der Waals surface area contributed by atoms with Crippen molar-refractivity contribution < 1.29 is 19.2 Å². The van der Waals surface area contributed by atoms with Crippen LogP contribution in [0.1, 0.15) is 85.9 Å². The number of rotatable bonds is 6. The lowest BCUT2D eigenvalue weighted by Gasteiger charge is -2.38. The number of fused-ring (bicyclic) bond motifs is 3. The average molecular weight is 467 g/mol. The molecule has 0 unspecified atom stereocenters. The van der Waals surface area contributed by atoms with Crippen LogP contribution in [0.5, 0.6) is 0 Å². The Bertz CT molecular complexity index is 1180. The van der Waals surface area contributed by atoms with Crippen molar-refractivity contribution in [2.24, 2.45) is 17.3 Å². The second-order valence-electron chi connectivity index (χ2n) is 11.2. The van der Waals surface area contributed by atoms with Crippen molar-refractivity contribution in [1.29, 1.82) is 0 Å². The summed E-state index contributed by atoms with van der Waals surface area (Å²) >= 11 is 1.69. The summed E-state index contributed by atoms with van der Waals surface area (Å²) in [5.74, 6) is 0.898. The highest BCUT2D eigenvalue weighted by Crippen LogP contribution is 2.49. The van der Waals surface area contributed by atoms with Crippen molar-refractivity contribution in [3.05, 3.63) is 32.3 Å². The van der Waals surface area contributed by atoms with Crippen molar-refractivity contribution in [3.8, 4) is 11.5 Å². The minimum atomic E-state index is -0.911. The first kappa shape index (κ1) is 21.3. The molecule has 0 spiro atoms. The largest absolute Gasteiger partial charge is 0.478 e. The van der Waals surface area contributed by atoms with Crippen LogP contribution < -0.4 is 0 Å². The van der Waals surface area contributed by atoms with Crippen LogP contribution in [0.4, 0.5) is 0 Å². The molecule has 7 rings (SSSR count). The first-order valence-electron chi connectivity index (χ1n) is 12.3. The number of carboxylic acids is 1. The summed E-state index contributed by atoms with van der Waals surface area (Å²) in [5, 5.41) is 14.1. The summed E-state index contributed by atoms with van der Waals surface area (Å²) < 4.78 is 5.75. The summed E-state index contributed by atoms with van der Waals surface area (Å²) in [6, 6.07) is 0. The molecule has 0 radical (unpaired) electrons. The number of nitrogens with zero attached hydrogens (tertiary/aromatic N) is 2. The molecule has 2 bridgehead atoms. The van der Waals surface area contributed by atoms with Gasteiger partial charge in [-0.25, -0.2) is 4.79 Å². The van der Waals surface area contributed by atoms with Crippen molar-refractivity contribution in [3.63, 3.8) is 0 Å². The van der Waals surface area contributed by atoms with E-state index < -0.39 is 5.97 Å². The van der Waals surface area contributed by atoms with Gasteiger partial charge in [0.25, 0.3) is 5.89 Å². The monoisotopic (exact) mass is 466 g/mol. The van der Waals surface area contributed by atoms with E-state index >= 15 is 0 Å². The number of Topliss-reactive ketones (excluding diaryl/α,β-unsaturated/α-hetero) is 1. The lowest BCUT2D eigenvalue weighted by Crippen LogP contribution is -2.34. The highest BCUT2D eigenvalue weighted by molar-refractivity contribution is 7.12. The number of aliphatic carboxylic acids is 1. The molecule has 0 amide bonds. The molecule has 174 valence electrons. The Labute approximate surface area is 197 Å². The first-order valence-corrected chi connectivity index (χ1v) is 13.1. The molecule has 2 fully saturated rings. The zero-order valence-electron chi connectivity index (χ0n) is 19.3. The molecule has 33 heavy (non-hydrogen) atoms. The van der Waals surface area contributed by atoms with Gasteiger partial charge in [0.2, 0.25) is 0 Å². The zero-order valence-corrected chi connectivity index (χ0v) is 20.1. The Hall–Kier alpha value is -2.28. The van der Waals surface area contributed by atoms with E-state index in [0.717, 1.165) is 74.1 Å². The molecule has 2 saturated carbocycles. The topological polar surface area (TPSA) is 93.3 Å². The number of hydrogen-bond acceptors (Lipinski definition) is 6. The Morgan fingerprint density at radius 2 is 1.73 bits per heavy atom. The van der Waals surface area contributed by atoms with Crippen LogP contribution in [0.3, 0.4) is 0 Å². The van der Waals surface area contributed by atoms with Crippen LogP contribution in [0.25, 0.3) is 11.5 Å². The Morgan fingerprint density at radius 1 is 1.06 bits per heavy atom. The lowest BCUT2D eigenvalue weighted by atomic mass is 9.65. The maximum absolute atomic E-state index is 13.6. The molecule has 0 aliphatic heterocycles. The van der Waals surface area contributed by atoms with Crippen LogP contribution in [0.2, 0.25) is 0 Å². The Morgan fingerprint density at radius 3 is 2.39 bits per heavy atom. The molecule has 0 atom stereocenters. The van der Waals surface area contributed by atoms with Gasteiger partial charge in [0.05, 0.1) is 5.56 Å². The lowest BCUT2D eigenvalue weighted by molar-refractivity contribution is -0.134. The van der Waals surface area contributed by atoms with E-state index in [2.05, 4.69) is 19.0 Å². The van der Waals surface area contributed by atoms with E-state index in [1.54, 1.807) is 11.3 Å². The number of thiophene rings is 1. The van der Waals surface area contributed by atoms with Crippen LogP contribution in [-0.2, 0) is 28.9 Å². The van der Waals surface area contributed by atoms with Gasteiger partial charge in [-0.15, -0.1) is 11.3 Å². The summed E-state index contributed by atoms with van der Waals surface area (Å²) in [4.78, 5) is 32.7. The standard InChI is InChI=1S/C26H30N2O4S/c1-26(2)10-9-18-16(12-26)22(24-27-23(28-32-24)15-7-8-15)19(33-18)11-17(29)20-13-3-5-14(6-4-13)21(20)25(30)31/h13-15H,3-12H2,1-2H3,(H,30,31). The molecule has 0 aromatic carbocycles. The third-order valence-electron chi connectivity index (χ3n) is 8.13. The van der Waals surface area contributed by atoms with Crippen molar-refractivity contribution >= 4 is 23.1 Å². The van der Waals surface area contributed by atoms with Gasteiger partial charge in [-0.05, 0) is 80.6 Å². The predicted octanol–water partition coefficient (Wildman–Crippen LogP) is 5.50.